The first-order chi connectivity index (χ1) is 11.5. The highest BCUT2D eigenvalue weighted by atomic mass is 35.5. The summed E-state index contributed by atoms with van der Waals surface area (Å²) in [6, 6.07) is 13.6. The van der Waals surface area contributed by atoms with Crippen molar-refractivity contribution in [3.05, 3.63) is 63.8 Å². The van der Waals surface area contributed by atoms with E-state index >= 15 is 0 Å². The first-order valence-electron chi connectivity index (χ1n) is 7.18. The Morgan fingerprint density at radius 1 is 1.21 bits per heavy atom. The molecule has 0 aliphatic carbocycles. The molecule has 0 unspecified atom stereocenters. The summed E-state index contributed by atoms with van der Waals surface area (Å²) in [5.74, 6) is -1.14. The molecule has 6 heteroatoms. The molecule has 122 valence electrons. The van der Waals surface area contributed by atoms with Crippen molar-refractivity contribution in [1.82, 2.24) is 0 Å². The average Bonchev–Trinajstić information content (AvgIpc) is 2.58. The van der Waals surface area contributed by atoms with Crippen LogP contribution < -0.4 is 10.2 Å². The second-order valence-corrected chi connectivity index (χ2v) is 5.63. The van der Waals surface area contributed by atoms with Crippen LogP contribution in [0.15, 0.2) is 57.7 Å². The van der Waals surface area contributed by atoms with Crippen molar-refractivity contribution in [2.45, 2.75) is 13.0 Å². The van der Waals surface area contributed by atoms with Gasteiger partial charge in [0.25, 0.3) is 0 Å². The lowest BCUT2D eigenvalue weighted by Crippen LogP contribution is -2.26. The third-order valence-electron chi connectivity index (χ3n) is 3.49. The fourth-order valence-electron chi connectivity index (χ4n) is 2.26. The van der Waals surface area contributed by atoms with Crippen LogP contribution in [0.5, 0.6) is 5.75 Å². The number of carboxylic acid groups (broad SMARTS) is 1. The summed E-state index contributed by atoms with van der Waals surface area (Å²) in [6.45, 7) is 1.35. The predicted octanol–water partition coefficient (Wildman–Crippen LogP) is 3.97. The highest BCUT2D eigenvalue weighted by molar-refractivity contribution is 6.31. The van der Waals surface area contributed by atoms with Crippen LogP contribution in [0.1, 0.15) is 6.92 Å². The Morgan fingerprint density at radius 2 is 1.92 bits per heavy atom. The number of halogens is 1. The van der Waals surface area contributed by atoms with Crippen LogP contribution in [0, 0.1) is 0 Å². The molecule has 0 bridgehead atoms. The first kappa shape index (κ1) is 16.1. The summed E-state index contributed by atoms with van der Waals surface area (Å²) in [5, 5.41) is 9.68. The molecule has 0 saturated carbocycles. The summed E-state index contributed by atoms with van der Waals surface area (Å²) >= 11 is 5.94. The van der Waals surface area contributed by atoms with Crippen LogP contribution in [0.4, 0.5) is 0 Å². The van der Waals surface area contributed by atoms with Crippen LogP contribution in [-0.2, 0) is 4.79 Å². The monoisotopic (exact) mass is 344 g/mol. The maximum absolute atomic E-state index is 12.8. The van der Waals surface area contributed by atoms with Crippen LogP contribution in [0.3, 0.4) is 0 Å². The highest BCUT2D eigenvalue weighted by Gasteiger charge is 2.22. The second kappa shape index (κ2) is 6.37. The van der Waals surface area contributed by atoms with Gasteiger partial charge < -0.3 is 14.3 Å². The van der Waals surface area contributed by atoms with Gasteiger partial charge in [-0.25, -0.2) is 4.79 Å². The number of ether oxygens (including phenoxy) is 1. The minimum absolute atomic E-state index is 0.147. The van der Waals surface area contributed by atoms with Gasteiger partial charge in [-0.1, -0.05) is 41.9 Å². The number of hydrogen-bond donors (Lipinski definition) is 1. The molecule has 2 aromatic carbocycles. The number of carbonyl (C=O) groups is 1. The van der Waals surface area contributed by atoms with Crippen molar-refractivity contribution >= 4 is 28.5 Å². The minimum Gasteiger partial charge on any atom is -0.479 e. The Labute approximate surface area is 142 Å². The Balaban J connectivity index is 2.30. The summed E-state index contributed by atoms with van der Waals surface area (Å²) in [4.78, 5) is 23.9. The summed E-state index contributed by atoms with van der Waals surface area (Å²) < 4.78 is 11.2. The van der Waals surface area contributed by atoms with E-state index in [1.165, 1.54) is 13.0 Å². The number of rotatable bonds is 4. The Kier molecular flexibility index (Phi) is 4.27. The molecule has 3 rings (SSSR count). The summed E-state index contributed by atoms with van der Waals surface area (Å²) in [6.07, 6.45) is -1.20. The van der Waals surface area contributed by atoms with Gasteiger partial charge in [-0.15, -0.1) is 0 Å². The molecule has 1 N–H and O–H groups in total. The van der Waals surface area contributed by atoms with Gasteiger partial charge in [-0.2, -0.15) is 0 Å². The number of benzene rings is 2. The van der Waals surface area contributed by atoms with Gasteiger partial charge in [0.1, 0.15) is 5.58 Å². The zero-order valence-corrected chi connectivity index (χ0v) is 13.4. The maximum atomic E-state index is 12.8. The van der Waals surface area contributed by atoms with Crippen molar-refractivity contribution in [1.29, 1.82) is 0 Å². The van der Waals surface area contributed by atoms with E-state index in [9.17, 15) is 9.59 Å². The van der Waals surface area contributed by atoms with E-state index in [0.717, 1.165) is 0 Å². The molecule has 1 atom stereocenters. The zero-order chi connectivity index (χ0) is 17.3. The molecule has 3 aromatic rings. The van der Waals surface area contributed by atoms with Crippen LogP contribution in [-0.4, -0.2) is 17.2 Å². The SMILES string of the molecule is C[C@@H](Oc1c(-c2ccccc2)oc2ccc(Cl)cc2c1=O)C(=O)O. The molecule has 1 aromatic heterocycles. The van der Waals surface area contributed by atoms with E-state index in [-0.39, 0.29) is 16.9 Å². The molecule has 1 heterocycles. The maximum Gasteiger partial charge on any atom is 0.344 e. The first-order valence-corrected chi connectivity index (χ1v) is 7.56. The van der Waals surface area contributed by atoms with Crippen LogP contribution >= 0.6 is 11.6 Å². The molecule has 0 radical (unpaired) electrons. The van der Waals surface area contributed by atoms with E-state index < -0.39 is 17.5 Å². The van der Waals surface area contributed by atoms with Crippen molar-refractivity contribution in [3.8, 4) is 17.1 Å². The van der Waals surface area contributed by atoms with Gasteiger partial charge in [0.15, 0.2) is 11.9 Å². The van der Waals surface area contributed by atoms with Crippen LogP contribution in [0.2, 0.25) is 5.02 Å². The fourth-order valence-corrected chi connectivity index (χ4v) is 2.44. The number of aliphatic carboxylic acids is 1. The Bertz CT molecular complexity index is 962. The van der Waals surface area contributed by atoms with Gasteiger partial charge >= 0.3 is 5.97 Å². The standard InChI is InChI=1S/C18H13ClO5/c1-10(18(21)22)23-17-15(20)13-9-12(19)7-8-14(13)24-16(17)11-5-3-2-4-6-11/h2-10H,1H3,(H,21,22)/t10-/m1/s1. The highest BCUT2D eigenvalue weighted by Crippen LogP contribution is 2.32. The van der Waals surface area contributed by atoms with Gasteiger partial charge in [-0.05, 0) is 25.1 Å². The average molecular weight is 345 g/mol. The fraction of sp³-hybridized carbons (Fsp3) is 0.111. The Morgan fingerprint density at radius 3 is 2.58 bits per heavy atom. The molecule has 0 fully saturated rings. The number of fused-ring (bicyclic) bond motifs is 1. The normalized spacial score (nSPS) is 12.1. The quantitative estimate of drug-likeness (QED) is 0.775. The van der Waals surface area contributed by atoms with Gasteiger partial charge in [-0.3, -0.25) is 4.79 Å². The van der Waals surface area contributed by atoms with E-state index in [1.54, 1.807) is 36.4 Å². The van der Waals surface area contributed by atoms with Gasteiger partial charge in [0.05, 0.1) is 5.39 Å². The van der Waals surface area contributed by atoms with Crippen molar-refractivity contribution in [3.63, 3.8) is 0 Å². The van der Waals surface area contributed by atoms with E-state index in [2.05, 4.69) is 0 Å². The molecular weight excluding hydrogens is 332 g/mol. The number of hydrogen-bond acceptors (Lipinski definition) is 4. The smallest absolute Gasteiger partial charge is 0.344 e. The lowest BCUT2D eigenvalue weighted by Gasteiger charge is -2.14. The molecule has 0 amide bonds. The third-order valence-corrected chi connectivity index (χ3v) is 3.72. The zero-order valence-electron chi connectivity index (χ0n) is 12.7. The van der Waals surface area contributed by atoms with Crippen molar-refractivity contribution in [2.75, 3.05) is 0 Å². The molecular formula is C18H13ClO5. The predicted molar refractivity (Wildman–Crippen MR) is 90.7 cm³/mol. The van der Waals surface area contributed by atoms with E-state index in [4.69, 9.17) is 25.9 Å². The molecule has 0 aliphatic rings. The lowest BCUT2D eigenvalue weighted by molar-refractivity contribution is -0.144. The van der Waals surface area contributed by atoms with Crippen molar-refractivity contribution < 1.29 is 19.1 Å². The van der Waals surface area contributed by atoms with Gasteiger partial charge in [0.2, 0.25) is 11.2 Å². The lowest BCUT2D eigenvalue weighted by atomic mass is 10.1. The summed E-state index contributed by atoms with van der Waals surface area (Å²) in [7, 11) is 0. The minimum atomic E-state index is -1.20. The van der Waals surface area contributed by atoms with E-state index in [1.807, 2.05) is 6.07 Å². The molecule has 0 aliphatic heterocycles. The molecule has 5 nitrogen and oxygen atoms in total. The Hall–Kier alpha value is -2.79. The number of carboxylic acids is 1. The third kappa shape index (κ3) is 2.98. The topological polar surface area (TPSA) is 76.7 Å². The molecule has 0 spiro atoms. The van der Waals surface area contributed by atoms with Crippen molar-refractivity contribution in [2.24, 2.45) is 0 Å². The largest absolute Gasteiger partial charge is 0.479 e. The second-order valence-electron chi connectivity index (χ2n) is 5.19. The molecule has 0 saturated heterocycles. The summed E-state index contributed by atoms with van der Waals surface area (Å²) in [5.41, 5.74) is 0.489. The van der Waals surface area contributed by atoms with Gasteiger partial charge in [0, 0.05) is 10.6 Å². The van der Waals surface area contributed by atoms with E-state index in [0.29, 0.717) is 16.2 Å². The molecule has 24 heavy (non-hydrogen) atoms. The van der Waals surface area contributed by atoms with Crippen LogP contribution in [0.25, 0.3) is 22.3 Å².